The smallest absolute Gasteiger partial charge is 0.292 e. The van der Waals surface area contributed by atoms with Gasteiger partial charge in [0.05, 0.1) is 18.8 Å². The lowest BCUT2D eigenvalue weighted by Gasteiger charge is -2.09. The highest BCUT2D eigenvalue weighted by Gasteiger charge is 2.24. The van der Waals surface area contributed by atoms with Crippen molar-refractivity contribution >= 4 is 40.2 Å². The summed E-state index contributed by atoms with van der Waals surface area (Å²) in [5.41, 5.74) is 7.27. The van der Waals surface area contributed by atoms with Gasteiger partial charge < -0.3 is 4.57 Å². The molecule has 0 fully saturated rings. The molecule has 2 N–H and O–H groups in total. The van der Waals surface area contributed by atoms with E-state index >= 15 is 0 Å². The van der Waals surface area contributed by atoms with Crippen molar-refractivity contribution in [3.63, 3.8) is 0 Å². The number of halogens is 1. The van der Waals surface area contributed by atoms with Crippen LogP contribution in [-0.2, 0) is 6.54 Å². The molecule has 0 radical (unpaired) electrons. The Hall–Kier alpha value is -4.51. The minimum Gasteiger partial charge on any atom is -0.321 e. The van der Waals surface area contributed by atoms with Crippen molar-refractivity contribution in [1.29, 1.82) is 0 Å². The lowest BCUT2D eigenvalue weighted by molar-refractivity contribution is 0.0912. The molecule has 10 nitrogen and oxygen atoms in total. The number of aromatic nitrogens is 4. The predicted octanol–water partition coefficient (Wildman–Crippen LogP) is 3.01. The summed E-state index contributed by atoms with van der Waals surface area (Å²) in [6.45, 7) is 0.316. The lowest BCUT2D eigenvalue weighted by atomic mass is 10.2. The van der Waals surface area contributed by atoms with Crippen LogP contribution in [0.15, 0.2) is 94.3 Å². The first-order valence-electron chi connectivity index (χ1n) is 10.4. The van der Waals surface area contributed by atoms with E-state index in [4.69, 9.17) is 0 Å². The average molecular weight is 531 g/mol. The Balaban J connectivity index is 1.57. The molecule has 4 aromatic rings. The summed E-state index contributed by atoms with van der Waals surface area (Å²) in [4.78, 5) is 37.9. The standard InChI is InChI=1S/C24H19BrN8O2/c25-20-3-1-2-19(12-20)15-33-16-28-21(23(34)31-29-13-17-4-8-26-9-5-17)22(33)24(35)32-30-14-18-6-10-27-11-7-18/h1-14,16H,15H2,(H,31,34)(H,32,35)/b29-13-,30-14-. The van der Waals surface area contributed by atoms with E-state index < -0.39 is 11.8 Å². The zero-order valence-electron chi connectivity index (χ0n) is 18.2. The summed E-state index contributed by atoms with van der Waals surface area (Å²) in [5.74, 6) is -1.22. The Labute approximate surface area is 209 Å². The first-order valence-corrected chi connectivity index (χ1v) is 11.2. The van der Waals surface area contributed by atoms with Crippen molar-refractivity contribution in [1.82, 2.24) is 30.4 Å². The van der Waals surface area contributed by atoms with Crippen LogP contribution >= 0.6 is 15.9 Å². The third-order valence-electron chi connectivity index (χ3n) is 4.68. The van der Waals surface area contributed by atoms with Crippen LogP contribution in [0.25, 0.3) is 0 Å². The van der Waals surface area contributed by atoms with E-state index in [-0.39, 0.29) is 11.4 Å². The van der Waals surface area contributed by atoms with Gasteiger partial charge in [-0.05, 0) is 53.1 Å². The Bertz CT molecular complexity index is 1370. The van der Waals surface area contributed by atoms with Crippen molar-refractivity contribution in [3.8, 4) is 0 Å². The second-order valence-electron chi connectivity index (χ2n) is 7.16. The monoisotopic (exact) mass is 530 g/mol. The number of nitrogens with zero attached hydrogens (tertiary/aromatic N) is 6. The maximum atomic E-state index is 13.1. The van der Waals surface area contributed by atoms with Crippen LogP contribution in [0.3, 0.4) is 0 Å². The van der Waals surface area contributed by atoms with Crippen LogP contribution in [0, 0.1) is 0 Å². The molecule has 0 unspecified atom stereocenters. The van der Waals surface area contributed by atoms with Gasteiger partial charge in [-0.15, -0.1) is 0 Å². The first-order chi connectivity index (χ1) is 17.1. The van der Waals surface area contributed by atoms with Crippen molar-refractivity contribution < 1.29 is 9.59 Å². The minimum atomic E-state index is -0.633. The Morgan fingerprint density at radius 1 is 0.886 bits per heavy atom. The largest absolute Gasteiger partial charge is 0.321 e. The number of carbonyl (C=O) groups is 2. The van der Waals surface area contributed by atoms with Gasteiger partial charge in [0, 0.05) is 35.8 Å². The highest BCUT2D eigenvalue weighted by atomic mass is 79.9. The molecule has 0 atom stereocenters. The molecule has 0 aliphatic rings. The number of hydrogen-bond acceptors (Lipinski definition) is 7. The number of carbonyl (C=O) groups excluding carboxylic acids is 2. The van der Waals surface area contributed by atoms with E-state index in [2.05, 4.69) is 51.9 Å². The second kappa shape index (κ2) is 11.6. The minimum absolute atomic E-state index is 0.0495. The van der Waals surface area contributed by atoms with Crippen molar-refractivity contribution in [2.45, 2.75) is 6.54 Å². The van der Waals surface area contributed by atoms with Gasteiger partial charge in [0.2, 0.25) is 0 Å². The number of imidazole rings is 1. The molecule has 3 aromatic heterocycles. The van der Waals surface area contributed by atoms with Gasteiger partial charge in [0.1, 0.15) is 5.69 Å². The fraction of sp³-hybridized carbons (Fsp3) is 0.0417. The SMILES string of the molecule is O=C(N/N=C\c1ccncc1)c1ncn(Cc2cccc(Br)c2)c1C(=O)N/N=C\c1ccncc1. The molecule has 3 heterocycles. The van der Waals surface area contributed by atoms with Crippen LogP contribution in [0.2, 0.25) is 0 Å². The van der Waals surface area contributed by atoms with E-state index in [1.807, 2.05) is 24.3 Å². The van der Waals surface area contributed by atoms with E-state index in [0.717, 1.165) is 21.2 Å². The lowest BCUT2D eigenvalue weighted by Crippen LogP contribution is -2.27. The zero-order chi connectivity index (χ0) is 24.5. The number of hydrogen-bond donors (Lipinski definition) is 2. The summed E-state index contributed by atoms with van der Waals surface area (Å²) in [6, 6.07) is 14.6. The molecular formula is C24H19BrN8O2. The number of nitrogens with one attached hydrogen (secondary N) is 2. The van der Waals surface area contributed by atoms with Gasteiger partial charge in [-0.1, -0.05) is 28.1 Å². The average Bonchev–Trinajstić information content (AvgIpc) is 3.29. The summed E-state index contributed by atoms with van der Waals surface area (Å²) in [5, 5.41) is 7.94. The molecule has 0 saturated carbocycles. The normalized spacial score (nSPS) is 11.1. The second-order valence-corrected chi connectivity index (χ2v) is 8.07. The van der Waals surface area contributed by atoms with E-state index in [1.165, 1.54) is 18.8 Å². The quantitative estimate of drug-likeness (QED) is 0.267. The number of rotatable bonds is 8. The summed E-state index contributed by atoms with van der Waals surface area (Å²) >= 11 is 3.44. The summed E-state index contributed by atoms with van der Waals surface area (Å²) in [7, 11) is 0. The van der Waals surface area contributed by atoms with Crippen molar-refractivity contribution in [2.24, 2.45) is 10.2 Å². The Morgan fingerprint density at radius 3 is 2.09 bits per heavy atom. The van der Waals surface area contributed by atoms with Gasteiger partial charge >= 0.3 is 0 Å². The van der Waals surface area contributed by atoms with Crippen molar-refractivity contribution in [2.75, 3.05) is 0 Å². The highest BCUT2D eigenvalue weighted by molar-refractivity contribution is 9.10. The number of pyridine rings is 2. The topological polar surface area (TPSA) is 127 Å². The number of hydrazone groups is 2. The molecule has 0 bridgehead atoms. The predicted molar refractivity (Wildman–Crippen MR) is 134 cm³/mol. The van der Waals surface area contributed by atoms with Crippen LogP contribution in [0.5, 0.6) is 0 Å². The van der Waals surface area contributed by atoms with Gasteiger partial charge in [0.25, 0.3) is 11.8 Å². The molecular weight excluding hydrogens is 512 g/mol. The molecule has 0 saturated heterocycles. The van der Waals surface area contributed by atoms with Gasteiger partial charge in [0.15, 0.2) is 5.69 Å². The third kappa shape index (κ3) is 6.51. The molecule has 11 heteroatoms. The van der Waals surface area contributed by atoms with E-state index in [1.54, 1.807) is 53.6 Å². The fourth-order valence-electron chi connectivity index (χ4n) is 3.07. The van der Waals surface area contributed by atoms with Crippen LogP contribution in [0.1, 0.15) is 37.7 Å². The third-order valence-corrected chi connectivity index (χ3v) is 5.17. The molecule has 0 aliphatic carbocycles. The Kier molecular flexibility index (Phi) is 7.81. The van der Waals surface area contributed by atoms with Crippen LogP contribution < -0.4 is 10.9 Å². The van der Waals surface area contributed by atoms with E-state index in [9.17, 15) is 9.59 Å². The molecule has 2 amide bonds. The number of amides is 2. The molecule has 0 spiro atoms. The van der Waals surface area contributed by atoms with Crippen LogP contribution in [-0.4, -0.2) is 43.8 Å². The zero-order valence-corrected chi connectivity index (χ0v) is 19.8. The van der Waals surface area contributed by atoms with Gasteiger partial charge in [-0.2, -0.15) is 10.2 Å². The van der Waals surface area contributed by atoms with Gasteiger partial charge in [-0.3, -0.25) is 19.6 Å². The number of benzene rings is 1. The molecule has 35 heavy (non-hydrogen) atoms. The maximum absolute atomic E-state index is 13.1. The Morgan fingerprint density at radius 2 is 1.49 bits per heavy atom. The molecule has 0 aliphatic heterocycles. The molecule has 174 valence electrons. The highest BCUT2D eigenvalue weighted by Crippen LogP contribution is 2.15. The van der Waals surface area contributed by atoms with Gasteiger partial charge in [-0.25, -0.2) is 15.8 Å². The first kappa shape index (κ1) is 23.6. The van der Waals surface area contributed by atoms with E-state index in [0.29, 0.717) is 6.54 Å². The summed E-state index contributed by atoms with van der Waals surface area (Å²) in [6.07, 6.45) is 10.8. The van der Waals surface area contributed by atoms with Crippen LogP contribution in [0.4, 0.5) is 0 Å². The van der Waals surface area contributed by atoms with Crippen molar-refractivity contribution in [3.05, 3.63) is 112 Å². The molecule has 4 rings (SSSR count). The summed E-state index contributed by atoms with van der Waals surface area (Å²) < 4.78 is 2.48. The maximum Gasteiger partial charge on any atom is 0.292 e. The molecule has 1 aromatic carbocycles. The fourth-order valence-corrected chi connectivity index (χ4v) is 3.52.